The van der Waals surface area contributed by atoms with Crippen LogP contribution in [0.2, 0.25) is 0 Å². The lowest BCUT2D eigenvalue weighted by atomic mass is 10.2. The molecule has 18 heavy (non-hydrogen) atoms. The third-order valence-corrected chi connectivity index (χ3v) is 3.76. The molecule has 2 heterocycles. The number of aryl methyl sites for hydroxylation is 1. The normalized spacial score (nSPS) is 11.3. The van der Waals surface area contributed by atoms with E-state index in [0.29, 0.717) is 10.7 Å². The molecule has 96 valence electrons. The third-order valence-electron chi connectivity index (χ3n) is 2.55. The van der Waals surface area contributed by atoms with E-state index >= 15 is 0 Å². The Kier molecular flexibility index (Phi) is 3.16. The molecule has 0 unspecified atom stereocenters. The molecule has 7 heteroatoms. The predicted molar refractivity (Wildman–Crippen MR) is 67.3 cm³/mol. The second-order valence-electron chi connectivity index (χ2n) is 4.34. The highest BCUT2D eigenvalue weighted by atomic mass is 32.1. The summed E-state index contributed by atoms with van der Waals surface area (Å²) in [4.78, 5) is 27.6. The topological polar surface area (TPSA) is 84.6 Å². The van der Waals surface area contributed by atoms with Gasteiger partial charge in [-0.2, -0.15) is 9.61 Å². The van der Waals surface area contributed by atoms with Crippen LogP contribution in [0.5, 0.6) is 0 Å². The van der Waals surface area contributed by atoms with Crippen molar-refractivity contribution in [1.82, 2.24) is 14.6 Å². The molecule has 0 amide bonds. The van der Waals surface area contributed by atoms with E-state index in [1.807, 2.05) is 13.8 Å². The molecule has 0 spiro atoms. The Bertz CT molecular complexity index is 672. The van der Waals surface area contributed by atoms with Crippen LogP contribution in [0.1, 0.15) is 36.0 Å². The molecule has 1 N–H and O–H groups in total. The number of nitrogens with zero attached hydrogens (tertiary/aromatic N) is 3. The summed E-state index contributed by atoms with van der Waals surface area (Å²) in [5.41, 5.74) is 0.269. The molecule has 0 bridgehead atoms. The van der Waals surface area contributed by atoms with Gasteiger partial charge in [0.05, 0.1) is 12.0 Å². The average molecular weight is 267 g/mol. The smallest absolute Gasteiger partial charge is 0.308 e. The van der Waals surface area contributed by atoms with Gasteiger partial charge in [0, 0.05) is 11.6 Å². The van der Waals surface area contributed by atoms with Gasteiger partial charge < -0.3 is 5.11 Å². The minimum Gasteiger partial charge on any atom is -0.481 e. The van der Waals surface area contributed by atoms with Gasteiger partial charge in [-0.1, -0.05) is 25.2 Å². The molecule has 2 rings (SSSR count). The maximum Gasteiger partial charge on any atom is 0.308 e. The predicted octanol–water partition coefficient (Wildman–Crippen LogP) is 1.21. The lowest BCUT2D eigenvalue weighted by Gasteiger charge is -2.00. The van der Waals surface area contributed by atoms with Gasteiger partial charge in [0.2, 0.25) is 4.96 Å². The van der Waals surface area contributed by atoms with Gasteiger partial charge in [0.25, 0.3) is 5.56 Å². The first kappa shape index (κ1) is 12.7. The Morgan fingerprint density at radius 2 is 2.17 bits per heavy atom. The van der Waals surface area contributed by atoms with Gasteiger partial charge in [-0.3, -0.25) is 9.59 Å². The number of carboxylic acids is 1. The SMILES string of the molecule is Cc1nc2sc(C(C)C)nn2c(=O)c1CC(=O)O. The second kappa shape index (κ2) is 4.49. The van der Waals surface area contributed by atoms with E-state index in [-0.39, 0.29) is 23.5 Å². The van der Waals surface area contributed by atoms with Crippen LogP contribution in [0.4, 0.5) is 0 Å². The minimum absolute atomic E-state index is 0.195. The standard InChI is InChI=1S/C11H13N3O3S/c1-5(2)9-13-14-10(17)7(4-8(15)16)6(3)12-11(14)18-9/h5H,4H2,1-3H3,(H,15,16). The first-order chi connectivity index (χ1) is 8.40. The Morgan fingerprint density at radius 1 is 1.50 bits per heavy atom. The highest BCUT2D eigenvalue weighted by molar-refractivity contribution is 7.16. The van der Waals surface area contributed by atoms with Crippen molar-refractivity contribution >= 4 is 22.3 Å². The Morgan fingerprint density at radius 3 is 2.72 bits per heavy atom. The van der Waals surface area contributed by atoms with Gasteiger partial charge in [-0.05, 0) is 6.92 Å². The molecular weight excluding hydrogens is 254 g/mol. The summed E-state index contributed by atoms with van der Waals surface area (Å²) in [5, 5.41) is 13.8. The summed E-state index contributed by atoms with van der Waals surface area (Å²) in [5.74, 6) is -0.837. The molecule has 0 atom stereocenters. The van der Waals surface area contributed by atoms with E-state index in [9.17, 15) is 9.59 Å². The fourth-order valence-electron chi connectivity index (χ4n) is 1.58. The van der Waals surface area contributed by atoms with Gasteiger partial charge in [0.1, 0.15) is 5.01 Å². The van der Waals surface area contributed by atoms with Crippen LogP contribution in [0.25, 0.3) is 4.96 Å². The largest absolute Gasteiger partial charge is 0.481 e. The molecule has 0 saturated carbocycles. The molecule has 0 aliphatic heterocycles. The van der Waals surface area contributed by atoms with Crippen molar-refractivity contribution in [2.45, 2.75) is 33.1 Å². The lowest BCUT2D eigenvalue weighted by Crippen LogP contribution is -2.23. The fraction of sp³-hybridized carbons (Fsp3) is 0.455. The molecule has 0 radical (unpaired) electrons. The van der Waals surface area contributed by atoms with Crippen molar-refractivity contribution in [1.29, 1.82) is 0 Å². The molecule has 2 aromatic rings. The van der Waals surface area contributed by atoms with Gasteiger partial charge in [-0.25, -0.2) is 4.98 Å². The summed E-state index contributed by atoms with van der Waals surface area (Å²) in [6.45, 7) is 5.61. The summed E-state index contributed by atoms with van der Waals surface area (Å²) < 4.78 is 1.20. The molecular formula is C11H13N3O3S. The van der Waals surface area contributed by atoms with Crippen LogP contribution >= 0.6 is 11.3 Å². The highest BCUT2D eigenvalue weighted by Gasteiger charge is 2.16. The second-order valence-corrected chi connectivity index (χ2v) is 5.33. The molecule has 0 aromatic carbocycles. The molecule has 0 aliphatic carbocycles. The van der Waals surface area contributed by atoms with Crippen LogP contribution in [0.15, 0.2) is 4.79 Å². The number of hydrogen-bond acceptors (Lipinski definition) is 5. The molecule has 0 fully saturated rings. The summed E-state index contributed by atoms with van der Waals surface area (Å²) >= 11 is 1.35. The van der Waals surface area contributed by atoms with E-state index in [4.69, 9.17) is 5.11 Å². The number of aliphatic carboxylic acids is 1. The average Bonchev–Trinajstić information content (AvgIpc) is 2.68. The van der Waals surface area contributed by atoms with Crippen LogP contribution < -0.4 is 5.56 Å². The van der Waals surface area contributed by atoms with E-state index in [1.54, 1.807) is 6.92 Å². The van der Waals surface area contributed by atoms with Crippen molar-refractivity contribution in [3.8, 4) is 0 Å². The number of rotatable bonds is 3. The maximum absolute atomic E-state index is 12.1. The number of carboxylic acid groups (broad SMARTS) is 1. The monoisotopic (exact) mass is 267 g/mol. The van der Waals surface area contributed by atoms with E-state index in [0.717, 1.165) is 5.01 Å². The summed E-state index contributed by atoms with van der Waals surface area (Å²) in [7, 11) is 0. The highest BCUT2D eigenvalue weighted by Crippen LogP contribution is 2.20. The van der Waals surface area contributed by atoms with Crippen LogP contribution in [0, 0.1) is 6.92 Å². The van der Waals surface area contributed by atoms with E-state index in [2.05, 4.69) is 10.1 Å². The quantitative estimate of drug-likeness (QED) is 0.903. The minimum atomic E-state index is -1.05. The Hall–Kier alpha value is -1.76. The molecule has 2 aromatic heterocycles. The summed E-state index contributed by atoms with van der Waals surface area (Å²) in [6, 6.07) is 0. The number of fused-ring (bicyclic) bond motifs is 1. The number of aromatic nitrogens is 3. The van der Waals surface area contributed by atoms with Crippen molar-refractivity contribution in [2.24, 2.45) is 0 Å². The first-order valence-corrected chi connectivity index (χ1v) is 6.33. The Balaban J connectivity index is 2.69. The van der Waals surface area contributed by atoms with Crippen molar-refractivity contribution in [2.75, 3.05) is 0 Å². The lowest BCUT2D eigenvalue weighted by molar-refractivity contribution is -0.136. The Labute approximate surface area is 107 Å². The third kappa shape index (κ3) is 2.13. The van der Waals surface area contributed by atoms with Gasteiger partial charge in [-0.15, -0.1) is 0 Å². The van der Waals surface area contributed by atoms with Crippen LogP contribution in [-0.4, -0.2) is 25.7 Å². The fourth-order valence-corrected chi connectivity index (χ4v) is 2.52. The van der Waals surface area contributed by atoms with E-state index in [1.165, 1.54) is 15.9 Å². The maximum atomic E-state index is 12.1. The zero-order valence-corrected chi connectivity index (χ0v) is 11.1. The molecule has 0 aliphatic rings. The number of carbonyl (C=O) groups is 1. The van der Waals surface area contributed by atoms with Crippen molar-refractivity contribution in [3.05, 3.63) is 26.6 Å². The van der Waals surface area contributed by atoms with Crippen LogP contribution in [0.3, 0.4) is 0 Å². The van der Waals surface area contributed by atoms with Crippen molar-refractivity contribution in [3.63, 3.8) is 0 Å². The zero-order valence-electron chi connectivity index (χ0n) is 10.3. The van der Waals surface area contributed by atoms with Gasteiger partial charge >= 0.3 is 5.97 Å². The van der Waals surface area contributed by atoms with Crippen LogP contribution in [-0.2, 0) is 11.2 Å². The molecule has 6 nitrogen and oxygen atoms in total. The zero-order chi connectivity index (χ0) is 13.4. The summed E-state index contributed by atoms with van der Waals surface area (Å²) in [6.07, 6.45) is -0.324. The first-order valence-electron chi connectivity index (χ1n) is 5.51. The van der Waals surface area contributed by atoms with Gasteiger partial charge in [0.15, 0.2) is 0 Å². The molecule has 0 saturated heterocycles. The number of hydrogen-bond donors (Lipinski definition) is 1. The van der Waals surface area contributed by atoms with E-state index < -0.39 is 5.97 Å². The van der Waals surface area contributed by atoms with Crippen molar-refractivity contribution < 1.29 is 9.90 Å².